The third-order valence-electron chi connectivity index (χ3n) is 3.19. The van der Waals surface area contributed by atoms with Crippen LogP contribution in [-0.2, 0) is 0 Å². The molecule has 2 heteroatoms. The van der Waals surface area contributed by atoms with Gasteiger partial charge in [-0.25, -0.2) is 0 Å². The summed E-state index contributed by atoms with van der Waals surface area (Å²) in [6.07, 6.45) is 7.15. The first-order valence-electron chi connectivity index (χ1n) is 7.28. The number of carbonyl (C=O) groups is 1. The first-order chi connectivity index (χ1) is 10.3. The van der Waals surface area contributed by atoms with Crippen LogP contribution in [0.4, 0.5) is 0 Å². The van der Waals surface area contributed by atoms with Crippen LogP contribution in [0.25, 0.3) is 12.2 Å². The Morgan fingerprint density at radius 1 is 0.857 bits per heavy atom. The van der Waals surface area contributed by atoms with E-state index in [1.54, 1.807) is 0 Å². The van der Waals surface area contributed by atoms with Gasteiger partial charge in [0.1, 0.15) is 12.0 Å². The lowest BCUT2D eigenvalue weighted by atomic mass is 10.1. The molecule has 21 heavy (non-hydrogen) atoms. The van der Waals surface area contributed by atoms with Crippen molar-refractivity contribution in [3.8, 4) is 5.75 Å². The van der Waals surface area contributed by atoms with Crippen LogP contribution in [0.15, 0.2) is 48.5 Å². The quantitative estimate of drug-likeness (QED) is 0.412. The van der Waals surface area contributed by atoms with E-state index in [1.807, 2.05) is 60.7 Å². The van der Waals surface area contributed by atoms with Crippen molar-refractivity contribution in [2.75, 3.05) is 6.61 Å². The summed E-state index contributed by atoms with van der Waals surface area (Å²) in [6.45, 7) is 2.92. The van der Waals surface area contributed by atoms with E-state index in [0.717, 1.165) is 42.6 Å². The van der Waals surface area contributed by atoms with E-state index in [-0.39, 0.29) is 0 Å². The van der Waals surface area contributed by atoms with Crippen molar-refractivity contribution in [3.05, 3.63) is 65.2 Å². The Labute approximate surface area is 126 Å². The van der Waals surface area contributed by atoms with Crippen LogP contribution in [0.2, 0.25) is 0 Å². The maximum Gasteiger partial charge on any atom is 0.150 e. The molecule has 0 spiro atoms. The van der Waals surface area contributed by atoms with Gasteiger partial charge >= 0.3 is 0 Å². The molecule has 0 amide bonds. The van der Waals surface area contributed by atoms with E-state index in [0.29, 0.717) is 5.56 Å². The summed E-state index contributed by atoms with van der Waals surface area (Å²) in [6, 6.07) is 15.6. The predicted molar refractivity (Wildman–Crippen MR) is 87.6 cm³/mol. The third kappa shape index (κ3) is 4.92. The van der Waals surface area contributed by atoms with Gasteiger partial charge in [0.2, 0.25) is 0 Å². The Bertz CT molecular complexity index is 580. The second-order valence-electron chi connectivity index (χ2n) is 4.89. The van der Waals surface area contributed by atoms with Crippen molar-refractivity contribution < 1.29 is 9.53 Å². The third-order valence-corrected chi connectivity index (χ3v) is 3.19. The van der Waals surface area contributed by atoms with Gasteiger partial charge in [-0.15, -0.1) is 0 Å². The number of aldehydes is 1. The number of hydrogen-bond donors (Lipinski definition) is 0. The predicted octanol–water partition coefficient (Wildman–Crippen LogP) is 4.85. The summed E-state index contributed by atoms with van der Waals surface area (Å²) >= 11 is 0. The molecule has 0 bridgehead atoms. The van der Waals surface area contributed by atoms with Crippen molar-refractivity contribution in [2.45, 2.75) is 19.8 Å². The summed E-state index contributed by atoms with van der Waals surface area (Å²) in [5.74, 6) is 0.913. The van der Waals surface area contributed by atoms with Crippen LogP contribution in [0.3, 0.4) is 0 Å². The lowest BCUT2D eigenvalue weighted by molar-refractivity contribution is 0.112. The van der Waals surface area contributed by atoms with Gasteiger partial charge in [0.15, 0.2) is 0 Å². The highest BCUT2D eigenvalue weighted by molar-refractivity contribution is 5.76. The van der Waals surface area contributed by atoms with Gasteiger partial charge in [-0.05, 0) is 29.7 Å². The molecule has 0 atom stereocenters. The molecule has 0 aliphatic heterocycles. The molecule has 2 rings (SSSR count). The molecular weight excluding hydrogens is 260 g/mol. The topological polar surface area (TPSA) is 26.3 Å². The molecule has 0 aliphatic carbocycles. The first kappa shape index (κ1) is 15.0. The Kier molecular flexibility index (Phi) is 5.77. The van der Waals surface area contributed by atoms with E-state index in [1.165, 1.54) is 0 Å². The van der Waals surface area contributed by atoms with Crippen molar-refractivity contribution in [1.29, 1.82) is 0 Å². The van der Waals surface area contributed by atoms with E-state index >= 15 is 0 Å². The van der Waals surface area contributed by atoms with Crippen molar-refractivity contribution >= 4 is 18.4 Å². The largest absolute Gasteiger partial charge is 0.494 e. The average molecular weight is 280 g/mol. The number of benzene rings is 2. The number of rotatable bonds is 7. The van der Waals surface area contributed by atoms with Crippen molar-refractivity contribution in [3.63, 3.8) is 0 Å². The molecule has 2 nitrogen and oxygen atoms in total. The number of carbonyl (C=O) groups excluding carboxylic acids is 1. The molecule has 0 N–H and O–H groups in total. The van der Waals surface area contributed by atoms with E-state index in [4.69, 9.17) is 4.74 Å². The summed E-state index contributed by atoms with van der Waals surface area (Å²) in [5, 5.41) is 0. The Morgan fingerprint density at radius 2 is 1.38 bits per heavy atom. The second-order valence-corrected chi connectivity index (χ2v) is 4.89. The van der Waals surface area contributed by atoms with Gasteiger partial charge in [0, 0.05) is 5.56 Å². The molecule has 0 saturated heterocycles. The van der Waals surface area contributed by atoms with Gasteiger partial charge in [-0.1, -0.05) is 61.9 Å². The molecule has 108 valence electrons. The van der Waals surface area contributed by atoms with E-state index in [2.05, 4.69) is 6.92 Å². The minimum Gasteiger partial charge on any atom is -0.494 e. The Balaban J connectivity index is 1.95. The number of ether oxygens (including phenoxy) is 1. The minimum absolute atomic E-state index is 0.695. The summed E-state index contributed by atoms with van der Waals surface area (Å²) in [5.41, 5.74) is 2.89. The van der Waals surface area contributed by atoms with Crippen LogP contribution >= 0.6 is 0 Å². The summed E-state index contributed by atoms with van der Waals surface area (Å²) in [7, 11) is 0. The highest BCUT2D eigenvalue weighted by atomic mass is 16.5. The highest BCUT2D eigenvalue weighted by Crippen LogP contribution is 2.15. The molecule has 0 unspecified atom stereocenters. The van der Waals surface area contributed by atoms with E-state index in [9.17, 15) is 4.79 Å². The fourth-order valence-electron chi connectivity index (χ4n) is 1.89. The molecule has 0 aromatic heterocycles. The molecule has 2 aromatic carbocycles. The maximum atomic E-state index is 10.6. The lowest BCUT2D eigenvalue weighted by Crippen LogP contribution is -1.95. The van der Waals surface area contributed by atoms with Gasteiger partial charge in [-0.2, -0.15) is 0 Å². The summed E-state index contributed by atoms with van der Waals surface area (Å²) < 4.78 is 5.63. The molecule has 0 saturated carbocycles. The maximum absolute atomic E-state index is 10.6. The van der Waals surface area contributed by atoms with Gasteiger partial charge in [-0.3, -0.25) is 4.79 Å². The fourth-order valence-corrected chi connectivity index (χ4v) is 1.89. The van der Waals surface area contributed by atoms with Crippen LogP contribution in [0.5, 0.6) is 5.75 Å². The zero-order chi connectivity index (χ0) is 14.9. The second kappa shape index (κ2) is 8.05. The van der Waals surface area contributed by atoms with Crippen molar-refractivity contribution in [1.82, 2.24) is 0 Å². The standard InChI is InChI=1S/C19H20O2/c1-2-3-14-21-19-12-10-17(11-13-19)5-4-16-6-8-18(15-20)9-7-16/h4-13,15H,2-3,14H2,1H3. The molecule has 0 heterocycles. The normalized spacial score (nSPS) is 10.7. The van der Waals surface area contributed by atoms with Crippen LogP contribution < -0.4 is 4.74 Å². The minimum atomic E-state index is 0.695. The molecule has 0 aliphatic rings. The SMILES string of the molecule is CCCCOc1ccc(C=Cc2ccc(C=O)cc2)cc1. The van der Waals surface area contributed by atoms with Crippen LogP contribution in [0.1, 0.15) is 41.3 Å². The number of unbranched alkanes of at least 4 members (excludes halogenated alkanes) is 1. The van der Waals surface area contributed by atoms with Crippen molar-refractivity contribution in [2.24, 2.45) is 0 Å². The average Bonchev–Trinajstić information content (AvgIpc) is 2.55. The Morgan fingerprint density at radius 3 is 1.90 bits per heavy atom. The van der Waals surface area contributed by atoms with Crippen LogP contribution in [0, 0.1) is 0 Å². The number of hydrogen-bond acceptors (Lipinski definition) is 2. The highest BCUT2D eigenvalue weighted by Gasteiger charge is 1.94. The van der Waals surface area contributed by atoms with Gasteiger partial charge < -0.3 is 4.74 Å². The molecule has 0 radical (unpaired) electrons. The van der Waals surface area contributed by atoms with E-state index < -0.39 is 0 Å². The van der Waals surface area contributed by atoms with Gasteiger partial charge in [0.05, 0.1) is 6.61 Å². The van der Waals surface area contributed by atoms with Crippen LogP contribution in [-0.4, -0.2) is 12.9 Å². The fraction of sp³-hybridized carbons (Fsp3) is 0.211. The smallest absolute Gasteiger partial charge is 0.150 e. The molecular formula is C19H20O2. The lowest BCUT2D eigenvalue weighted by Gasteiger charge is -2.05. The zero-order valence-corrected chi connectivity index (χ0v) is 12.3. The zero-order valence-electron chi connectivity index (χ0n) is 12.3. The first-order valence-corrected chi connectivity index (χ1v) is 7.28. The summed E-state index contributed by atoms with van der Waals surface area (Å²) in [4.78, 5) is 10.6. The van der Waals surface area contributed by atoms with Gasteiger partial charge in [0.25, 0.3) is 0 Å². The monoisotopic (exact) mass is 280 g/mol. The molecule has 2 aromatic rings. The Hall–Kier alpha value is -2.35. The molecule has 0 fully saturated rings.